The quantitative estimate of drug-likeness (QED) is 0.740. The zero-order valence-corrected chi connectivity index (χ0v) is 10.7. The molecule has 2 amide bonds. The number of urea groups is 1. The Bertz CT molecular complexity index is 244. The second kappa shape index (κ2) is 5.77. The van der Waals surface area contributed by atoms with E-state index in [2.05, 4.69) is 6.92 Å². The number of amides is 2. The SMILES string of the molecule is CCCC1SCCN1C(=O)N1CCOCC1. The Morgan fingerprint density at radius 1 is 1.38 bits per heavy atom. The zero-order valence-electron chi connectivity index (χ0n) is 9.85. The lowest BCUT2D eigenvalue weighted by molar-refractivity contribution is 0.0433. The smallest absolute Gasteiger partial charge is 0.321 e. The summed E-state index contributed by atoms with van der Waals surface area (Å²) in [5.74, 6) is 1.08. The lowest BCUT2D eigenvalue weighted by atomic mass is 10.3. The number of hydrogen-bond acceptors (Lipinski definition) is 3. The molecule has 0 aromatic rings. The predicted molar refractivity (Wildman–Crippen MR) is 65.6 cm³/mol. The standard InChI is InChI=1S/C11H20N2O2S/c1-2-3-10-13(6-9-16-10)11(14)12-4-7-15-8-5-12/h10H,2-9H2,1H3. The van der Waals surface area contributed by atoms with E-state index in [-0.39, 0.29) is 6.03 Å². The van der Waals surface area contributed by atoms with Gasteiger partial charge in [-0.15, -0.1) is 11.8 Å². The van der Waals surface area contributed by atoms with Crippen molar-refractivity contribution in [2.45, 2.75) is 25.1 Å². The van der Waals surface area contributed by atoms with Gasteiger partial charge in [0.1, 0.15) is 0 Å². The monoisotopic (exact) mass is 244 g/mol. The first-order valence-electron chi connectivity index (χ1n) is 6.08. The number of hydrogen-bond donors (Lipinski definition) is 0. The van der Waals surface area contributed by atoms with Gasteiger partial charge in [-0.1, -0.05) is 13.3 Å². The molecule has 2 aliphatic rings. The molecular formula is C11H20N2O2S. The first-order chi connectivity index (χ1) is 7.83. The van der Waals surface area contributed by atoms with Gasteiger partial charge >= 0.3 is 6.03 Å². The Labute approximate surface area is 101 Å². The van der Waals surface area contributed by atoms with Crippen molar-refractivity contribution >= 4 is 17.8 Å². The van der Waals surface area contributed by atoms with Crippen LogP contribution in [0.3, 0.4) is 0 Å². The Balaban J connectivity index is 1.91. The highest BCUT2D eigenvalue weighted by atomic mass is 32.2. The normalized spacial score (nSPS) is 26.2. The fourth-order valence-corrected chi connectivity index (χ4v) is 3.51. The van der Waals surface area contributed by atoms with E-state index in [0.717, 1.165) is 38.2 Å². The zero-order chi connectivity index (χ0) is 11.4. The van der Waals surface area contributed by atoms with E-state index in [1.807, 2.05) is 21.6 Å². The van der Waals surface area contributed by atoms with E-state index in [1.54, 1.807) is 0 Å². The van der Waals surface area contributed by atoms with Crippen molar-refractivity contribution in [2.75, 3.05) is 38.6 Å². The van der Waals surface area contributed by atoms with Crippen molar-refractivity contribution in [1.29, 1.82) is 0 Å². The predicted octanol–water partition coefficient (Wildman–Crippen LogP) is 1.61. The fourth-order valence-electron chi connectivity index (χ4n) is 2.16. The topological polar surface area (TPSA) is 32.8 Å². The summed E-state index contributed by atoms with van der Waals surface area (Å²) >= 11 is 1.91. The lowest BCUT2D eigenvalue weighted by Gasteiger charge is -2.33. The number of morpholine rings is 1. The number of thioether (sulfide) groups is 1. The molecule has 0 aromatic carbocycles. The minimum atomic E-state index is 0.215. The molecule has 5 heteroatoms. The maximum atomic E-state index is 12.3. The second-order valence-electron chi connectivity index (χ2n) is 4.19. The molecular weight excluding hydrogens is 224 g/mol. The lowest BCUT2D eigenvalue weighted by Crippen LogP contribution is -2.49. The van der Waals surface area contributed by atoms with Gasteiger partial charge in [0.05, 0.1) is 18.6 Å². The summed E-state index contributed by atoms with van der Waals surface area (Å²) in [6.45, 7) is 5.95. The summed E-state index contributed by atoms with van der Waals surface area (Å²) in [7, 11) is 0. The number of rotatable bonds is 2. The largest absolute Gasteiger partial charge is 0.378 e. The molecule has 2 rings (SSSR count). The van der Waals surface area contributed by atoms with E-state index >= 15 is 0 Å². The van der Waals surface area contributed by atoms with Crippen LogP contribution >= 0.6 is 11.8 Å². The molecule has 0 aliphatic carbocycles. The van der Waals surface area contributed by atoms with Gasteiger partial charge in [0.2, 0.25) is 0 Å². The first-order valence-corrected chi connectivity index (χ1v) is 7.12. The summed E-state index contributed by atoms with van der Waals surface area (Å²) < 4.78 is 5.27. The van der Waals surface area contributed by atoms with E-state index < -0.39 is 0 Å². The van der Waals surface area contributed by atoms with Gasteiger partial charge in [-0.25, -0.2) is 4.79 Å². The van der Waals surface area contributed by atoms with Gasteiger partial charge < -0.3 is 14.5 Å². The molecule has 0 bridgehead atoms. The summed E-state index contributed by atoms with van der Waals surface area (Å²) in [5, 5.41) is 0.403. The van der Waals surface area contributed by atoms with Gasteiger partial charge in [0.15, 0.2) is 0 Å². The Morgan fingerprint density at radius 2 is 2.12 bits per heavy atom. The molecule has 2 heterocycles. The van der Waals surface area contributed by atoms with Crippen LogP contribution in [0, 0.1) is 0 Å². The third kappa shape index (κ3) is 2.63. The van der Waals surface area contributed by atoms with E-state index in [0.29, 0.717) is 18.6 Å². The fraction of sp³-hybridized carbons (Fsp3) is 0.909. The molecule has 0 saturated carbocycles. The molecule has 4 nitrogen and oxygen atoms in total. The van der Waals surface area contributed by atoms with Crippen LogP contribution in [0.2, 0.25) is 0 Å². The molecule has 1 atom stereocenters. The molecule has 0 N–H and O–H groups in total. The maximum Gasteiger partial charge on any atom is 0.321 e. The Hall–Kier alpha value is -0.420. The summed E-state index contributed by atoms with van der Waals surface area (Å²) in [4.78, 5) is 16.2. The van der Waals surface area contributed by atoms with Crippen LogP contribution in [0.5, 0.6) is 0 Å². The maximum absolute atomic E-state index is 12.3. The van der Waals surface area contributed by atoms with Gasteiger partial charge in [0, 0.05) is 25.4 Å². The molecule has 2 fully saturated rings. The van der Waals surface area contributed by atoms with Crippen LogP contribution in [0.1, 0.15) is 19.8 Å². The number of carbonyl (C=O) groups excluding carboxylic acids is 1. The van der Waals surface area contributed by atoms with Crippen LogP contribution in [0.25, 0.3) is 0 Å². The minimum Gasteiger partial charge on any atom is -0.378 e. The van der Waals surface area contributed by atoms with E-state index in [9.17, 15) is 4.79 Å². The molecule has 92 valence electrons. The summed E-state index contributed by atoms with van der Waals surface area (Å²) in [5.41, 5.74) is 0. The molecule has 0 radical (unpaired) electrons. The van der Waals surface area contributed by atoms with Crippen LogP contribution in [-0.2, 0) is 4.74 Å². The average Bonchev–Trinajstić information content (AvgIpc) is 2.78. The first kappa shape index (κ1) is 12.0. The Morgan fingerprint density at radius 3 is 2.81 bits per heavy atom. The molecule has 2 saturated heterocycles. The molecule has 0 spiro atoms. The highest BCUT2D eigenvalue weighted by Gasteiger charge is 2.32. The van der Waals surface area contributed by atoms with E-state index in [4.69, 9.17) is 4.74 Å². The molecule has 16 heavy (non-hydrogen) atoms. The Kier molecular flexibility index (Phi) is 4.35. The van der Waals surface area contributed by atoms with Crippen LogP contribution < -0.4 is 0 Å². The van der Waals surface area contributed by atoms with Gasteiger partial charge in [-0.2, -0.15) is 0 Å². The van der Waals surface area contributed by atoms with Gasteiger partial charge in [-0.3, -0.25) is 0 Å². The summed E-state index contributed by atoms with van der Waals surface area (Å²) in [6, 6.07) is 0.215. The molecule has 2 aliphatic heterocycles. The third-order valence-electron chi connectivity index (χ3n) is 3.05. The third-order valence-corrected chi connectivity index (χ3v) is 4.35. The van der Waals surface area contributed by atoms with Crippen LogP contribution in [-0.4, -0.2) is 59.8 Å². The molecule has 0 aromatic heterocycles. The summed E-state index contributed by atoms with van der Waals surface area (Å²) in [6.07, 6.45) is 2.26. The van der Waals surface area contributed by atoms with Crippen LogP contribution in [0.15, 0.2) is 0 Å². The van der Waals surface area contributed by atoms with Crippen LogP contribution in [0.4, 0.5) is 4.79 Å². The van der Waals surface area contributed by atoms with Gasteiger partial charge in [-0.05, 0) is 6.42 Å². The van der Waals surface area contributed by atoms with Crippen molar-refractivity contribution < 1.29 is 9.53 Å². The minimum absolute atomic E-state index is 0.215. The average molecular weight is 244 g/mol. The molecule has 1 unspecified atom stereocenters. The number of nitrogens with zero attached hydrogens (tertiary/aromatic N) is 2. The van der Waals surface area contributed by atoms with E-state index in [1.165, 1.54) is 0 Å². The van der Waals surface area contributed by atoms with Crippen molar-refractivity contribution in [3.63, 3.8) is 0 Å². The number of ether oxygens (including phenoxy) is 1. The highest BCUT2D eigenvalue weighted by Crippen LogP contribution is 2.28. The van der Waals surface area contributed by atoms with Crippen molar-refractivity contribution in [1.82, 2.24) is 9.80 Å². The van der Waals surface area contributed by atoms with Crippen molar-refractivity contribution in [3.05, 3.63) is 0 Å². The van der Waals surface area contributed by atoms with Gasteiger partial charge in [0.25, 0.3) is 0 Å². The number of carbonyl (C=O) groups is 1. The van der Waals surface area contributed by atoms with Crippen molar-refractivity contribution in [3.8, 4) is 0 Å². The highest BCUT2D eigenvalue weighted by molar-refractivity contribution is 8.00. The van der Waals surface area contributed by atoms with Crippen molar-refractivity contribution in [2.24, 2.45) is 0 Å². The second-order valence-corrected chi connectivity index (χ2v) is 5.48.